The lowest BCUT2D eigenvalue weighted by molar-refractivity contribution is -0.135. The molecule has 0 aliphatic carbocycles. The topological polar surface area (TPSA) is 71.4 Å². The number of nitrogens with two attached hydrogens (primary N) is 1. The Hall–Kier alpha value is -1.85. The first kappa shape index (κ1) is 19.9. The first-order valence-electron chi connectivity index (χ1n) is 10.2. The minimum atomic E-state index is -0.191. The number of esters is 1. The van der Waals surface area contributed by atoms with Crippen molar-refractivity contribution in [1.29, 1.82) is 0 Å². The number of ether oxygens (including phenoxy) is 1. The minimum absolute atomic E-state index is 0.175. The summed E-state index contributed by atoms with van der Waals surface area (Å²) in [5.41, 5.74) is 8.10. The Morgan fingerprint density at radius 2 is 2.22 bits per heavy atom. The predicted molar refractivity (Wildman–Crippen MR) is 110 cm³/mol. The van der Waals surface area contributed by atoms with Gasteiger partial charge in [-0.1, -0.05) is 19.9 Å². The zero-order valence-electron chi connectivity index (χ0n) is 16.8. The van der Waals surface area contributed by atoms with E-state index >= 15 is 0 Å². The van der Waals surface area contributed by atoms with Gasteiger partial charge in [-0.2, -0.15) is 0 Å². The maximum atomic E-state index is 12.5. The fourth-order valence-corrected chi connectivity index (χ4v) is 4.29. The number of likely N-dealkylation sites (tertiary alicyclic amines) is 1. The summed E-state index contributed by atoms with van der Waals surface area (Å²) in [7, 11) is 2.19. The second-order valence-corrected chi connectivity index (χ2v) is 8.38. The van der Waals surface area contributed by atoms with Crippen LogP contribution in [0.15, 0.2) is 24.4 Å². The average Bonchev–Trinajstić information content (AvgIpc) is 3.21. The molecule has 148 valence electrons. The maximum absolute atomic E-state index is 12.5. The fourth-order valence-electron chi connectivity index (χ4n) is 4.29. The van der Waals surface area contributed by atoms with Gasteiger partial charge in [0.1, 0.15) is 5.75 Å². The van der Waals surface area contributed by atoms with Crippen molar-refractivity contribution >= 4 is 16.9 Å². The molecule has 27 heavy (non-hydrogen) atoms. The van der Waals surface area contributed by atoms with Crippen molar-refractivity contribution in [3.63, 3.8) is 0 Å². The van der Waals surface area contributed by atoms with E-state index in [0.717, 1.165) is 30.3 Å². The Morgan fingerprint density at radius 3 is 2.89 bits per heavy atom. The van der Waals surface area contributed by atoms with E-state index in [4.69, 9.17) is 10.5 Å². The van der Waals surface area contributed by atoms with E-state index in [2.05, 4.69) is 37.0 Å². The number of hydrogen-bond donors (Lipinski definition) is 2. The van der Waals surface area contributed by atoms with Gasteiger partial charge in [0.25, 0.3) is 0 Å². The van der Waals surface area contributed by atoms with Crippen molar-refractivity contribution < 1.29 is 9.53 Å². The van der Waals surface area contributed by atoms with Gasteiger partial charge in [0, 0.05) is 29.6 Å². The van der Waals surface area contributed by atoms with E-state index < -0.39 is 0 Å². The van der Waals surface area contributed by atoms with Gasteiger partial charge >= 0.3 is 5.97 Å². The van der Waals surface area contributed by atoms with E-state index in [1.54, 1.807) is 0 Å². The molecule has 0 unspecified atom stereocenters. The Balaban J connectivity index is 1.76. The smallest absolute Gasteiger partial charge is 0.311 e. The summed E-state index contributed by atoms with van der Waals surface area (Å²) in [5.74, 6) is 1.17. The van der Waals surface area contributed by atoms with Gasteiger partial charge in [0.05, 0.1) is 0 Å². The van der Waals surface area contributed by atoms with Crippen LogP contribution in [-0.2, 0) is 11.2 Å². The summed E-state index contributed by atoms with van der Waals surface area (Å²) in [4.78, 5) is 18.3. The van der Waals surface area contributed by atoms with Crippen LogP contribution in [0.2, 0.25) is 0 Å². The first-order valence-corrected chi connectivity index (χ1v) is 10.2. The lowest BCUT2D eigenvalue weighted by Gasteiger charge is -2.19. The molecule has 0 radical (unpaired) electrons. The number of aromatic amines is 1. The maximum Gasteiger partial charge on any atom is 0.311 e. The van der Waals surface area contributed by atoms with Gasteiger partial charge < -0.3 is 20.4 Å². The number of nitrogens with zero attached hydrogens (tertiary/aromatic N) is 1. The molecule has 1 aromatic carbocycles. The minimum Gasteiger partial charge on any atom is -0.426 e. The number of nitrogens with one attached hydrogen (secondary N) is 1. The molecule has 3 N–H and O–H groups in total. The third-order valence-electron chi connectivity index (χ3n) is 5.69. The molecule has 1 fully saturated rings. The van der Waals surface area contributed by atoms with Crippen molar-refractivity contribution in [3.8, 4) is 5.75 Å². The fraction of sp³-hybridized carbons (Fsp3) is 0.591. The van der Waals surface area contributed by atoms with Gasteiger partial charge in [0.2, 0.25) is 0 Å². The molecule has 1 saturated heterocycles. The molecule has 0 bridgehead atoms. The van der Waals surface area contributed by atoms with Crippen molar-refractivity contribution in [3.05, 3.63) is 30.0 Å². The number of rotatable bonds is 8. The summed E-state index contributed by atoms with van der Waals surface area (Å²) in [6.07, 6.45) is 6.83. The molecular formula is C22H33N3O2. The van der Waals surface area contributed by atoms with E-state index in [1.165, 1.54) is 18.4 Å². The van der Waals surface area contributed by atoms with Crippen LogP contribution >= 0.6 is 0 Å². The Labute approximate surface area is 162 Å². The van der Waals surface area contributed by atoms with Crippen molar-refractivity contribution in [1.82, 2.24) is 9.88 Å². The molecule has 1 aliphatic rings. The number of carbonyl (C=O) groups is 1. The number of hydrogen-bond acceptors (Lipinski definition) is 4. The molecule has 1 aromatic heterocycles. The predicted octanol–water partition coefficient (Wildman–Crippen LogP) is 3.72. The SMILES string of the molecule is CC(C)C[C@H](CN)CC(=O)Oc1cccc2[nH]cc(C[C@H]3CCCN3C)c12. The largest absolute Gasteiger partial charge is 0.426 e. The average molecular weight is 372 g/mol. The molecule has 5 heteroatoms. The van der Waals surface area contributed by atoms with E-state index in [9.17, 15) is 4.79 Å². The molecule has 3 rings (SSSR count). The Kier molecular flexibility index (Phi) is 6.55. The summed E-state index contributed by atoms with van der Waals surface area (Å²) >= 11 is 0. The Bertz CT molecular complexity index is 768. The van der Waals surface area contributed by atoms with Gasteiger partial charge in [-0.05, 0) is 75.4 Å². The quantitative estimate of drug-likeness (QED) is 0.548. The van der Waals surface area contributed by atoms with E-state index in [1.807, 2.05) is 18.2 Å². The molecule has 2 heterocycles. The number of likely N-dealkylation sites (N-methyl/N-ethyl adjacent to an activating group) is 1. The highest BCUT2D eigenvalue weighted by Gasteiger charge is 2.23. The van der Waals surface area contributed by atoms with Crippen LogP contribution in [0.5, 0.6) is 5.75 Å². The van der Waals surface area contributed by atoms with Crippen LogP contribution in [0.1, 0.15) is 45.1 Å². The van der Waals surface area contributed by atoms with Crippen LogP contribution in [0.4, 0.5) is 0 Å². The second kappa shape index (κ2) is 8.89. The molecule has 0 saturated carbocycles. The summed E-state index contributed by atoms with van der Waals surface area (Å²) in [6, 6.07) is 6.42. The van der Waals surface area contributed by atoms with Gasteiger partial charge in [0.15, 0.2) is 0 Å². The van der Waals surface area contributed by atoms with Gasteiger partial charge in [-0.25, -0.2) is 0 Å². The Morgan fingerprint density at radius 1 is 1.41 bits per heavy atom. The van der Waals surface area contributed by atoms with Crippen LogP contribution in [0.3, 0.4) is 0 Å². The molecule has 0 amide bonds. The van der Waals surface area contributed by atoms with E-state index in [-0.39, 0.29) is 11.9 Å². The van der Waals surface area contributed by atoms with Crippen LogP contribution < -0.4 is 10.5 Å². The number of fused-ring (bicyclic) bond motifs is 1. The highest BCUT2D eigenvalue weighted by atomic mass is 16.5. The normalized spacial score (nSPS) is 19.1. The number of aromatic nitrogens is 1. The van der Waals surface area contributed by atoms with Crippen molar-refractivity contribution in [2.75, 3.05) is 20.1 Å². The summed E-state index contributed by atoms with van der Waals surface area (Å²) in [6.45, 7) is 5.98. The molecule has 0 spiro atoms. The monoisotopic (exact) mass is 371 g/mol. The second-order valence-electron chi connectivity index (χ2n) is 8.38. The number of benzene rings is 1. The summed E-state index contributed by atoms with van der Waals surface area (Å²) in [5, 5.41) is 1.04. The third kappa shape index (κ3) is 4.90. The van der Waals surface area contributed by atoms with Gasteiger partial charge in [-0.15, -0.1) is 0 Å². The summed E-state index contributed by atoms with van der Waals surface area (Å²) < 4.78 is 5.80. The van der Waals surface area contributed by atoms with Crippen LogP contribution in [0.25, 0.3) is 10.9 Å². The standard InChI is InChI=1S/C22H33N3O2/c1-15(2)10-16(13-23)11-21(26)27-20-8-4-7-19-22(20)17(14-24-19)12-18-6-5-9-25(18)3/h4,7-8,14-16,18,24H,5-6,9-13,23H2,1-3H3/t16-,18+/m0/s1. The molecule has 5 nitrogen and oxygen atoms in total. The van der Waals surface area contributed by atoms with Gasteiger partial charge in [-0.3, -0.25) is 4.79 Å². The van der Waals surface area contributed by atoms with Crippen molar-refractivity contribution in [2.24, 2.45) is 17.6 Å². The highest BCUT2D eigenvalue weighted by Crippen LogP contribution is 2.32. The van der Waals surface area contributed by atoms with Crippen LogP contribution in [0, 0.1) is 11.8 Å². The third-order valence-corrected chi connectivity index (χ3v) is 5.69. The lowest BCUT2D eigenvalue weighted by Crippen LogP contribution is -2.26. The zero-order chi connectivity index (χ0) is 19.4. The molecule has 2 atom stereocenters. The van der Waals surface area contributed by atoms with E-state index in [0.29, 0.717) is 30.7 Å². The number of H-pyrrole nitrogens is 1. The van der Waals surface area contributed by atoms with Crippen LogP contribution in [-0.4, -0.2) is 42.0 Å². The lowest BCUT2D eigenvalue weighted by atomic mass is 9.94. The molecule has 2 aromatic rings. The first-order chi connectivity index (χ1) is 13.0. The molecular weight excluding hydrogens is 338 g/mol. The zero-order valence-corrected chi connectivity index (χ0v) is 16.8. The highest BCUT2D eigenvalue weighted by molar-refractivity contribution is 5.91. The number of carbonyl (C=O) groups excluding carboxylic acids is 1. The molecule has 1 aliphatic heterocycles. The van der Waals surface area contributed by atoms with Crippen molar-refractivity contribution in [2.45, 2.75) is 52.0 Å².